The lowest BCUT2D eigenvalue weighted by atomic mass is 9.76. The van der Waals surface area contributed by atoms with Crippen LogP contribution in [0, 0.1) is 48.3 Å². The van der Waals surface area contributed by atoms with E-state index < -0.39 is 0 Å². The molecule has 2 saturated carbocycles. The molecule has 4 fully saturated rings. The van der Waals surface area contributed by atoms with Crippen LogP contribution in [0.2, 0.25) is 0 Å². The minimum Gasteiger partial charge on any atom is -0.381 e. The molecule has 0 spiro atoms. The van der Waals surface area contributed by atoms with Crippen molar-refractivity contribution in [3.63, 3.8) is 0 Å². The van der Waals surface area contributed by atoms with Gasteiger partial charge >= 0.3 is 0 Å². The van der Waals surface area contributed by atoms with Crippen molar-refractivity contribution in [1.29, 1.82) is 10.5 Å². The van der Waals surface area contributed by atoms with Crippen molar-refractivity contribution in [3.8, 4) is 12.1 Å². The number of hydrogen-bond donors (Lipinski definition) is 2. The third-order valence-corrected chi connectivity index (χ3v) is 12.0. The van der Waals surface area contributed by atoms with Gasteiger partial charge in [-0.1, -0.05) is 24.3 Å². The van der Waals surface area contributed by atoms with Gasteiger partial charge in [-0.2, -0.15) is 10.5 Å². The molecule has 0 amide bonds. The molecule has 0 radical (unpaired) electrons. The number of nitrogens with one attached hydrogen (secondary N) is 2. The quantitative estimate of drug-likeness (QED) is 0.267. The van der Waals surface area contributed by atoms with Crippen LogP contribution in [0.15, 0.2) is 36.4 Å². The van der Waals surface area contributed by atoms with Crippen molar-refractivity contribution >= 4 is 0 Å². The zero-order chi connectivity index (χ0) is 33.6. The molecule has 2 aromatic carbocycles. The van der Waals surface area contributed by atoms with Crippen molar-refractivity contribution in [2.24, 2.45) is 11.8 Å². The maximum Gasteiger partial charge on any atom is 0.0994 e. The maximum absolute atomic E-state index is 9.22. The number of rotatable bonds is 10. The lowest BCUT2D eigenvalue weighted by molar-refractivity contribution is 0.0773. The van der Waals surface area contributed by atoms with Gasteiger partial charge in [-0.25, -0.2) is 0 Å². The number of nitrogens with zero attached hydrogens (tertiary/aromatic N) is 2. The Hall–Kier alpha value is -2.74. The average molecular weight is 653 g/mol. The molecule has 0 atom stereocenters. The van der Waals surface area contributed by atoms with Crippen LogP contribution in [-0.4, -0.2) is 51.6 Å². The van der Waals surface area contributed by atoms with E-state index in [0.717, 1.165) is 62.5 Å². The molecule has 48 heavy (non-hydrogen) atoms. The number of nitriles is 2. The number of hydrogen-bond acceptors (Lipinski definition) is 6. The highest BCUT2D eigenvalue weighted by atomic mass is 16.5. The largest absolute Gasteiger partial charge is 0.381 e. The zero-order valence-electron chi connectivity index (χ0n) is 29.8. The van der Waals surface area contributed by atoms with E-state index >= 15 is 0 Å². The number of ether oxygens (including phenoxy) is 2. The second-order valence-corrected chi connectivity index (χ2v) is 15.0. The average Bonchev–Trinajstić information content (AvgIpc) is 3.14. The van der Waals surface area contributed by atoms with Crippen molar-refractivity contribution < 1.29 is 9.47 Å². The molecule has 2 aliphatic carbocycles. The van der Waals surface area contributed by atoms with E-state index in [2.05, 4.69) is 48.8 Å². The van der Waals surface area contributed by atoms with E-state index in [-0.39, 0.29) is 0 Å². The standard InChI is InChI=1S/2C21H30N2O/c2*1-16-19(15-22)3-2-4-21(16)18-7-5-17(6-8-18)9-12-23-20-10-13-24-14-11-20/h2*2-4,17-18,20,23H,5-14H2,1H3. The third-order valence-electron chi connectivity index (χ3n) is 12.0. The van der Waals surface area contributed by atoms with Crippen molar-refractivity contribution in [1.82, 2.24) is 10.6 Å². The summed E-state index contributed by atoms with van der Waals surface area (Å²) in [7, 11) is 0. The molecule has 2 saturated heterocycles. The molecule has 0 aromatic heterocycles. The fraction of sp³-hybridized carbons (Fsp3) is 0.667. The van der Waals surface area contributed by atoms with Gasteiger partial charge in [0, 0.05) is 38.5 Å². The molecular weight excluding hydrogens is 592 g/mol. The Bertz CT molecular complexity index is 1230. The first-order valence-corrected chi connectivity index (χ1v) is 19.2. The molecule has 6 heteroatoms. The Morgan fingerprint density at radius 2 is 0.938 bits per heavy atom. The van der Waals surface area contributed by atoms with Gasteiger partial charge in [0.2, 0.25) is 0 Å². The van der Waals surface area contributed by atoms with Crippen molar-refractivity contribution in [2.45, 2.75) is 128 Å². The fourth-order valence-electron chi connectivity index (χ4n) is 8.74. The molecule has 2 N–H and O–H groups in total. The predicted molar refractivity (Wildman–Crippen MR) is 194 cm³/mol. The van der Waals surface area contributed by atoms with Gasteiger partial charge in [-0.05, 0) is 175 Å². The predicted octanol–water partition coefficient (Wildman–Crippen LogP) is 8.60. The molecule has 2 aromatic rings. The van der Waals surface area contributed by atoms with E-state index in [1.54, 1.807) is 0 Å². The minimum atomic E-state index is 0.651. The van der Waals surface area contributed by atoms with Crippen LogP contribution >= 0.6 is 0 Å². The van der Waals surface area contributed by atoms with Gasteiger partial charge < -0.3 is 20.1 Å². The first kappa shape index (κ1) is 36.5. The smallest absolute Gasteiger partial charge is 0.0994 e. The molecule has 2 aliphatic heterocycles. The van der Waals surface area contributed by atoms with Gasteiger partial charge in [-0.15, -0.1) is 0 Å². The second kappa shape index (κ2) is 19.4. The van der Waals surface area contributed by atoms with E-state index in [4.69, 9.17) is 9.47 Å². The summed E-state index contributed by atoms with van der Waals surface area (Å²) in [6.45, 7) is 10.2. The van der Waals surface area contributed by atoms with E-state index in [9.17, 15) is 10.5 Å². The SMILES string of the molecule is Cc1c(C#N)cccc1C1CCC(CCNC2CCOCC2)CC1.Cc1c(C#N)cccc1C1CCC(CCNC2CCOCC2)CC1. The molecule has 260 valence electrons. The highest BCUT2D eigenvalue weighted by Crippen LogP contribution is 2.40. The van der Waals surface area contributed by atoms with Gasteiger partial charge in [-0.3, -0.25) is 0 Å². The summed E-state index contributed by atoms with van der Waals surface area (Å²) >= 11 is 0. The molecule has 2 heterocycles. The Labute approximate surface area is 291 Å². The second-order valence-electron chi connectivity index (χ2n) is 15.0. The normalized spacial score (nSPS) is 25.3. The lowest BCUT2D eigenvalue weighted by Crippen LogP contribution is -2.36. The molecular formula is C42H60N4O2. The van der Waals surface area contributed by atoms with Gasteiger partial charge in [0.25, 0.3) is 0 Å². The summed E-state index contributed by atoms with van der Waals surface area (Å²) in [5.74, 6) is 3.04. The van der Waals surface area contributed by atoms with Gasteiger partial charge in [0.05, 0.1) is 23.3 Å². The van der Waals surface area contributed by atoms with Crippen molar-refractivity contribution in [3.05, 3.63) is 69.8 Å². The Morgan fingerprint density at radius 1 is 0.562 bits per heavy atom. The molecule has 0 unspecified atom stereocenters. The Kier molecular flexibility index (Phi) is 14.8. The minimum absolute atomic E-state index is 0.651. The van der Waals surface area contributed by atoms with Crippen LogP contribution in [0.25, 0.3) is 0 Å². The molecule has 0 bridgehead atoms. The van der Waals surface area contributed by atoms with Crippen LogP contribution in [0.5, 0.6) is 0 Å². The van der Waals surface area contributed by atoms with Crippen LogP contribution < -0.4 is 10.6 Å². The van der Waals surface area contributed by atoms with Gasteiger partial charge in [0.1, 0.15) is 0 Å². The van der Waals surface area contributed by atoms with Crippen LogP contribution in [0.4, 0.5) is 0 Å². The number of benzene rings is 2. The first-order chi connectivity index (χ1) is 23.6. The third kappa shape index (κ3) is 10.6. The summed E-state index contributed by atoms with van der Waals surface area (Å²) in [6, 6.07) is 18.4. The molecule has 6 rings (SSSR count). The fourth-order valence-corrected chi connectivity index (χ4v) is 8.74. The topological polar surface area (TPSA) is 90.1 Å². The van der Waals surface area contributed by atoms with Crippen LogP contribution in [-0.2, 0) is 9.47 Å². The summed E-state index contributed by atoms with van der Waals surface area (Å²) < 4.78 is 10.8. The zero-order valence-corrected chi connectivity index (χ0v) is 29.8. The lowest BCUT2D eigenvalue weighted by Gasteiger charge is -2.30. The monoisotopic (exact) mass is 652 g/mol. The summed E-state index contributed by atoms with van der Waals surface area (Å²) in [5, 5.41) is 25.9. The molecule has 4 aliphatic rings. The summed E-state index contributed by atoms with van der Waals surface area (Å²) in [6.07, 6.45) is 17.7. The van der Waals surface area contributed by atoms with Gasteiger partial charge in [0.15, 0.2) is 0 Å². The highest BCUT2D eigenvalue weighted by molar-refractivity contribution is 5.44. The summed E-state index contributed by atoms with van der Waals surface area (Å²) in [5.41, 5.74) is 6.90. The van der Waals surface area contributed by atoms with Crippen LogP contribution in [0.3, 0.4) is 0 Å². The van der Waals surface area contributed by atoms with E-state index in [0.29, 0.717) is 23.9 Å². The van der Waals surface area contributed by atoms with Crippen LogP contribution in [0.1, 0.15) is 135 Å². The molecule has 6 nitrogen and oxygen atoms in total. The highest BCUT2D eigenvalue weighted by Gasteiger charge is 2.25. The maximum atomic E-state index is 9.22. The van der Waals surface area contributed by atoms with Crippen molar-refractivity contribution in [2.75, 3.05) is 39.5 Å². The first-order valence-electron chi connectivity index (χ1n) is 19.2. The Morgan fingerprint density at radius 3 is 1.29 bits per heavy atom. The Balaban J connectivity index is 0.000000188. The summed E-state index contributed by atoms with van der Waals surface area (Å²) in [4.78, 5) is 0. The van der Waals surface area contributed by atoms with E-state index in [1.165, 1.54) is 112 Å². The van der Waals surface area contributed by atoms with E-state index in [1.807, 2.05) is 24.3 Å².